The molecule has 15 heavy (non-hydrogen) atoms. The molecule has 0 aliphatic carbocycles. The smallest absolute Gasteiger partial charge is 0.344 e. The Labute approximate surface area is 86.9 Å². The first kappa shape index (κ1) is 11.2. The second-order valence-corrected chi connectivity index (χ2v) is 2.93. The van der Waals surface area contributed by atoms with Gasteiger partial charge in [0.15, 0.2) is 17.6 Å². The molecule has 1 atom stereocenters. The van der Waals surface area contributed by atoms with Gasteiger partial charge in [-0.2, -0.15) is 0 Å². The molecule has 0 unspecified atom stereocenters. The van der Waals surface area contributed by atoms with Gasteiger partial charge in [-0.25, -0.2) is 4.79 Å². The first-order valence-electron chi connectivity index (χ1n) is 4.31. The number of ether oxygens (including phenoxy) is 2. The van der Waals surface area contributed by atoms with E-state index in [1.807, 2.05) is 0 Å². The highest BCUT2D eigenvalue weighted by Gasteiger charge is 2.13. The van der Waals surface area contributed by atoms with Crippen LogP contribution in [0.3, 0.4) is 0 Å². The first-order chi connectivity index (χ1) is 7.04. The molecule has 0 heterocycles. The topological polar surface area (TPSA) is 76.0 Å². The van der Waals surface area contributed by atoms with Gasteiger partial charge in [0.05, 0.1) is 7.11 Å². The summed E-state index contributed by atoms with van der Waals surface area (Å²) in [4.78, 5) is 10.5. The lowest BCUT2D eigenvalue weighted by molar-refractivity contribution is -0.144. The normalized spacial score (nSPS) is 11.9. The summed E-state index contributed by atoms with van der Waals surface area (Å²) in [6, 6.07) is 4.27. The maximum absolute atomic E-state index is 10.5. The molecule has 1 aromatic rings. The molecule has 2 N–H and O–H groups in total. The Bertz CT molecular complexity index is 361. The van der Waals surface area contributed by atoms with Crippen LogP contribution in [0.2, 0.25) is 0 Å². The van der Waals surface area contributed by atoms with Gasteiger partial charge in [-0.05, 0) is 19.1 Å². The van der Waals surface area contributed by atoms with E-state index in [2.05, 4.69) is 0 Å². The predicted octanol–water partition coefficient (Wildman–Crippen LogP) is 1.25. The molecule has 0 radical (unpaired) electrons. The third-order valence-corrected chi connectivity index (χ3v) is 1.81. The zero-order chi connectivity index (χ0) is 11.4. The summed E-state index contributed by atoms with van der Waals surface area (Å²) in [6.07, 6.45) is -0.945. The first-order valence-corrected chi connectivity index (χ1v) is 4.31. The number of hydrogen-bond donors (Lipinski definition) is 2. The number of phenols is 1. The van der Waals surface area contributed by atoms with E-state index in [1.54, 1.807) is 0 Å². The molecule has 0 saturated heterocycles. The lowest BCUT2D eigenvalue weighted by atomic mass is 10.3. The van der Waals surface area contributed by atoms with E-state index in [0.717, 1.165) is 0 Å². The van der Waals surface area contributed by atoms with Crippen LogP contribution in [-0.2, 0) is 4.79 Å². The van der Waals surface area contributed by atoms with Crippen molar-refractivity contribution >= 4 is 5.97 Å². The maximum Gasteiger partial charge on any atom is 0.344 e. The lowest BCUT2D eigenvalue weighted by Gasteiger charge is -2.11. The van der Waals surface area contributed by atoms with Crippen molar-refractivity contribution < 1.29 is 24.5 Å². The van der Waals surface area contributed by atoms with E-state index in [1.165, 1.54) is 32.2 Å². The summed E-state index contributed by atoms with van der Waals surface area (Å²) in [5.41, 5.74) is 0. The van der Waals surface area contributed by atoms with Crippen LogP contribution >= 0.6 is 0 Å². The number of carbonyl (C=O) groups is 1. The molecule has 0 spiro atoms. The minimum atomic E-state index is -1.05. The molecule has 0 saturated carbocycles. The van der Waals surface area contributed by atoms with Gasteiger partial charge in [0.2, 0.25) is 0 Å². The molecule has 0 aliphatic rings. The monoisotopic (exact) mass is 212 g/mol. The number of benzene rings is 1. The van der Waals surface area contributed by atoms with Crippen molar-refractivity contribution in [1.29, 1.82) is 0 Å². The van der Waals surface area contributed by atoms with Crippen LogP contribution in [0.1, 0.15) is 6.92 Å². The van der Waals surface area contributed by atoms with Crippen molar-refractivity contribution in [3.8, 4) is 17.2 Å². The van der Waals surface area contributed by atoms with Crippen molar-refractivity contribution in [2.24, 2.45) is 0 Å². The molecule has 0 fully saturated rings. The third kappa shape index (κ3) is 2.77. The van der Waals surface area contributed by atoms with Gasteiger partial charge < -0.3 is 19.7 Å². The molecule has 1 rings (SSSR count). The van der Waals surface area contributed by atoms with Gasteiger partial charge in [0, 0.05) is 6.07 Å². The third-order valence-electron chi connectivity index (χ3n) is 1.81. The number of rotatable bonds is 4. The summed E-state index contributed by atoms with van der Waals surface area (Å²) < 4.78 is 9.93. The number of aromatic hydroxyl groups is 1. The second-order valence-electron chi connectivity index (χ2n) is 2.93. The van der Waals surface area contributed by atoms with E-state index >= 15 is 0 Å². The highest BCUT2D eigenvalue weighted by atomic mass is 16.5. The number of methoxy groups -OCH3 is 1. The van der Waals surface area contributed by atoms with Gasteiger partial charge in [0.1, 0.15) is 5.75 Å². The molecule has 0 aromatic heterocycles. The summed E-state index contributed by atoms with van der Waals surface area (Å²) in [6.45, 7) is 1.42. The zero-order valence-electron chi connectivity index (χ0n) is 8.43. The van der Waals surface area contributed by atoms with Crippen LogP contribution < -0.4 is 9.47 Å². The SMILES string of the molecule is COc1cc(O[C@@H](C)C(=O)O)ccc1O. The minimum absolute atomic E-state index is 0.0205. The summed E-state index contributed by atoms with van der Waals surface area (Å²) in [5.74, 6) is -0.500. The van der Waals surface area contributed by atoms with Crippen molar-refractivity contribution in [1.82, 2.24) is 0 Å². The van der Waals surface area contributed by atoms with Crippen LogP contribution in [0.4, 0.5) is 0 Å². The Morgan fingerprint density at radius 1 is 1.47 bits per heavy atom. The fourth-order valence-corrected chi connectivity index (χ4v) is 0.986. The molecule has 1 aromatic carbocycles. The number of carboxylic acid groups (broad SMARTS) is 1. The molecule has 0 aliphatic heterocycles. The van der Waals surface area contributed by atoms with Crippen LogP contribution in [-0.4, -0.2) is 29.4 Å². The molecular formula is C10H12O5. The van der Waals surface area contributed by atoms with Crippen molar-refractivity contribution in [3.63, 3.8) is 0 Å². The van der Waals surface area contributed by atoms with Crippen LogP contribution in [0.5, 0.6) is 17.2 Å². The Kier molecular flexibility index (Phi) is 3.38. The van der Waals surface area contributed by atoms with Gasteiger partial charge >= 0.3 is 5.97 Å². The van der Waals surface area contributed by atoms with Gasteiger partial charge in [0.25, 0.3) is 0 Å². The van der Waals surface area contributed by atoms with E-state index in [-0.39, 0.29) is 11.5 Å². The number of aliphatic carboxylic acids is 1. The van der Waals surface area contributed by atoms with Gasteiger partial charge in [-0.15, -0.1) is 0 Å². The van der Waals surface area contributed by atoms with Crippen molar-refractivity contribution in [2.45, 2.75) is 13.0 Å². The quantitative estimate of drug-likeness (QED) is 0.785. The molecule has 82 valence electrons. The van der Waals surface area contributed by atoms with Crippen molar-refractivity contribution in [2.75, 3.05) is 7.11 Å². The molecule has 0 amide bonds. The standard InChI is InChI=1S/C10H12O5/c1-6(10(12)13)15-7-3-4-8(11)9(5-7)14-2/h3-6,11H,1-2H3,(H,12,13)/t6-/m0/s1. The van der Waals surface area contributed by atoms with E-state index in [9.17, 15) is 9.90 Å². The fourth-order valence-electron chi connectivity index (χ4n) is 0.986. The van der Waals surface area contributed by atoms with Gasteiger partial charge in [-0.1, -0.05) is 0 Å². The van der Waals surface area contributed by atoms with E-state index < -0.39 is 12.1 Å². The van der Waals surface area contributed by atoms with Crippen LogP contribution in [0.25, 0.3) is 0 Å². The van der Waals surface area contributed by atoms with E-state index in [4.69, 9.17) is 14.6 Å². The highest BCUT2D eigenvalue weighted by molar-refractivity contribution is 5.72. The molecule has 5 nitrogen and oxygen atoms in total. The number of carboxylic acids is 1. The number of hydrogen-bond acceptors (Lipinski definition) is 4. The Hall–Kier alpha value is -1.91. The summed E-state index contributed by atoms with van der Waals surface area (Å²) in [7, 11) is 1.40. The summed E-state index contributed by atoms with van der Waals surface area (Å²) in [5, 5.41) is 17.9. The maximum atomic E-state index is 10.5. The van der Waals surface area contributed by atoms with Crippen LogP contribution in [0.15, 0.2) is 18.2 Å². The Morgan fingerprint density at radius 2 is 2.13 bits per heavy atom. The molecule has 0 bridgehead atoms. The largest absolute Gasteiger partial charge is 0.504 e. The highest BCUT2D eigenvalue weighted by Crippen LogP contribution is 2.30. The molecule has 5 heteroatoms. The fraction of sp³-hybridized carbons (Fsp3) is 0.300. The zero-order valence-corrected chi connectivity index (χ0v) is 8.43. The minimum Gasteiger partial charge on any atom is -0.504 e. The Balaban J connectivity index is 2.83. The Morgan fingerprint density at radius 3 is 2.67 bits per heavy atom. The van der Waals surface area contributed by atoms with Crippen molar-refractivity contribution in [3.05, 3.63) is 18.2 Å². The molecular weight excluding hydrogens is 200 g/mol. The van der Waals surface area contributed by atoms with E-state index in [0.29, 0.717) is 5.75 Å². The van der Waals surface area contributed by atoms with Crippen LogP contribution in [0, 0.1) is 0 Å². The number of phenolic OH excluding ortho intramolecular Hbond substituents is 1. The second kappa shape index (κ2) is 4.54. The summed E-state index contributed by atoms with van der Waals surface area (Å²) >= 11 is 0. The van der Waals surface area contributed by atoms with Gasteiger partial charge in [-0.3, -0.25) is 0 Å². The average Bonchev–Trinajstić information content (AvgIpc) is 2.20. The predicted molar refractivity (Wildman–Crippen MR) is 52.4 cm³/mol. The lowest BCUT2D eigenvalue weighted by Crippen LogP contribution is -2.22. The average molecular weight is 212 g/mol.